The fourth-order valence-corrected chi connectivity index (χ4v) is 2.14. The van der Waals surface area contributed by atoms with E-state index in [1.54, 1.807) is 30.3 Å². The van der Waals surface area contributed by atoms with E-state index in [1.165, 1.54) is 10.8 Å². The quantitative estimate of drug-likeness (QED) is 0.511. The maximum Gasteiger partial charge on any atom is 0.338 e. The van der Waals surface area contributed by atoms with Crippen molar-refractivity contribution in [3.05, 3.63) is 47.9 Å². The molecule has 0 saturated heterocycles. The molecule has 0 atom stereocenters. The van der Waals surface area contributed by atoms with E-state index in [9.17, 15) is 4.79 Å². The normalized spacial score (nSPS) is 10.8. The third-order valence-electron chi connectivity index (χ3n) is 3.39. The molecule has 3 rings (SSSR count). The first kappa shape index (κ1) is 15.9. The van der Waals surface area contributed by atoms with E-state index in [1.807, 2.05) is 13.8 Å². The molecule has 7 nitrogen and oxygen atoms in total. The van der Waals surface area contributed by atoms with Crippen molar-refractivity contribution in [3.8, 4) is 11.6 Å². The second kappa shape index (κ2) is 7.08. The van der Waals surface area contributed by atoms with Crippen LogP contribution in [0.2, 0.25) is 0 Å². The number of hydrogen-bond acceptors (Lipinski definition) is 6. The molecule has 0 aliphatic carbocycles. The highest BCUT2D eigenvalue weighted by molar-refractivity contribution is 5.89. The average molecular weight is 326 g/mol. The number of unbranched alkanes of at least 4 members (excludes halogenated alkanes) is 1. The summed E-state index contributed by atoms with van der Waals surface area (Å²) in [4.78, 5) is 20.2. The standard InChI is InChI=1S/C17H18N4O3/c1-3-4-9-23-16(22)13-5-7-14(8-6-13)24-15-10-12(2)20-17-18-11-19-21(15)17/h5-8,10-11H,3-4,9H2,1-2H3. The second-order valence-corrected chi connectivity index (χ2v) is 5.32. The van der Waals surface area contributed by atoms with E-state index >= 15 is 0 Å². The summed E-state index contributed by atoms with van der Waals surface area (Å²) in [7, 11) is 0. The van der Waals surface area contributed by atoms with Gasteiger partial charge in [0.25, 0.3) is 5.78 Å². The summed E-state index contributed by atoms with van der Waals surface area (Å²) in [6, 6.07) is 8.56. The molecule has 0 aliphatic heterocycles. The Morgan fingerprint density at radius 2 is 2.04 bits per heavy atom. The smallest absolute Gasteiger partial charge is 0.338 e. The number of benzene rings is 1. The minimum atomic E-state index is -0.326. The number of carbonyl (C=O) groups excluding carboxylic acids is 1. The highest BCUT2D eigenvalue weighted by Crippen LogP contribution is 2.22. The molecular formula is C17H18N4O3. The number of aryl methyl sites for hydroxylation is 1. The van der Waals surface area contributed by atoms with Crippen molar-refractivity contribution >= 4 is 11.7 Å². The van der Waals surface area contributed by atoms with Gasteiger partial charge < -0.3 is 9.47 Å². The Morgan fingerprint density at radius 3 is 2.79 bits per heavy atom. The zero-order chi connectivity index (χ0) is 16.9. The van der Waals surface area contributed by atoms with E-state index in [4.69, 9.17) is 9.47 Å². The van der Waals surface area contributed by atoms with Gasteiger partial charge in [-0.1, -0.05) is 13.3 Å². The molecule has 0 aliphatic rings. The van der Waals surface area contributed by atoms with Crippen molar-refractivity contribution in [1.82, 2.24) is 19.6 Å². The van der Waals surface area contributed by atoms with Crippen LogP contribution in [0.5, 0.6) is 11.6 Å². The molecule has 1 aromatic carbocycles. The SMILES string of the molecule is CCCCOC(=O)c1ccc(Oc2cc(C)nc3ncnn23)cc1. The Kier molecular flexibility index (Phi) is 4.69. The predicted molar refractivity (Wildman–Crippen MR) is 87.2 cm³/mol. The van der Waals surface area contributed by atoms with Gasteiger partial charge in [0.05, 0.1) is 12.2 Å². The van der Waals surface area contributed by atoms with Gasteiger partial charge in [-0.05, 0) is 37.6 Å². The van der Waals surface area contributed by atoms with Gasteiger partial charge in [-0.15, -0.1) is 0 Å². The van der Waals surface area contributed by atoms with Gasteiger partial charge in [-0.3, -0.25) is 0 Å². The Morgan fingerprint density at radius 1 is 1.25 bits per heavy atom. The van der Waals surface area contributed by atoms with Crippen LogP contribution < -0.4 is 4.74 Å². The number of carbonyl (C=O) groups is 1. The van der Waals surface area contributed by atoms with Crippen LogP contribution in [0.1, 0.15) is 35.8 Å². The highest BCUT2D eigenvalue weighted by Gasteiger charge is 2.10. The van der Waals surface area contributed by atoms with Gasteiger partial charge in [0, 0.05) is 11.8 Å². The summed E-state index contributed by atoms with van der Waals surface area (Å²) in [5.74, 6) is 1.24. The van der Waals surface area contributed by atoms with Gasteiger partial charge in [-0.25, -0.2) is 9.78 Å². The number of esters is 1. The van der Waals surface area contributed by atoms with Crippen molar-refractivity contribution in [2.75, 3.05) is 6.61 Å². The summed E-state index contributed by atoms with van der Waals surface area (Å²) >= 11 is 0. The largest absolute Gasteiger partial charge is 0.462 e. The van der Waals surface area contributed by atoms with Crippen LogP contribution in [-0.4, -0.2) is 32.2 Å². The summed E-state index contributed by atoms with van der Waals surface area (Å²) in [6.07, 6.45) is 3.27. The zero-order valence-corrected chi connectivity index (χ0v) is 13.6. The van der Waals surface area contributed by atoms with Gasteiger partial charge in [-0.2, -0.15) is 14.6 Å². The molecule has 7 heteroatoms. The van der Waals surface area contributed by atoms with Gasteiger partial charge in [0.15, 0.2) is 0 Å². The van der Waals surface area contributed by atoms with Crippen LogP contribution in [0.3, 0.4) is 0 Å². The minimum Gasteiger partial charge on any atom is -0.462 e. The molecule has 0 radical (unpaired) electrons. The minimum absolute atomic E-state index is 0.326. The van der Waals surface area contributed by atoms with Crippen LogP contribution in [0.15, 0.2) is 36.7 Å². The monoisotopic (exact) mass is 326 g/mol. The molecule has 0 fully saturated rings. The van der Waals surface area contributed by atoms with Crippen LogP contribution >= 0.6 is 0 Å². The Hall–Kier alpha value is -2.96. The molecule has 0 saturated carbocycles. The van der Waals surface area contributed by atoms with Crippen LogP contribution in [-0.2, 0) is 4.74 Å². The number of nitrogens with zero attached hydrogens (tertiary/aromatic N) is 4. The van der Waals surface area contributed by atoms with E-state index in [0.29, 0.717) is 29.6 Å². The number of fused-ring (bicyclic) bond motifs is 1. The lowest BCUT2D eigenvalue weighted by Gasteiger charge is -2.08. The molecule has 124 valence electrons. The first-order valence-corrected chi connectivity index (χ1v) is 7.80. The highest BCUT2D eigenvalue weighted by atomic mass is 16.5. The first-order valence-electron chi connectivity index (χ1n) is 7.80. The molecular weight excluding hydrogens is 308 g/mol. The third kappa shape index (κ3) is 3.51. The van der Waals surface area contributed by atoms with E-state index in [-0.39, 0.29) is 5.97 Å². The van der Waals surface area contributed by atoms with Crippen LogP contribution in [0, 0.1) is 6.92 Å². The summed E-state index contributed by atoms with van der Waals surface area (Å²) in [5.41, 5.74) is 1.27. The maximum absolute atomic E-state index is 11.9. The van der Waals surface area contributed by atoms with Gasteiger partial charge >= 0.3 is 5.97 Å². The van der Waals surface area contributed by atoms with E-state index < -0.39 is 0 Å². The summed E-state index contributed by atoms with van der Waals surface area (Å²) < 4.78 is 12.5. The van der Waals surface area contributed by atoms with Crippen molar-refractivity contribution in [1.29, 1.82) is 0 Å². The Balaban J connectivity index is 1.74. The number of hydrogen-bond donors (Lipinski definition) is 0. The molecule has 2 aromatic heterocycles. The van der Waals surface area contributed by atoms with E-state index in [0.717, 1.165) is 18.5 Å². The zero-order valence-electron chi connectivity index (χ0n) is 13.6. The topological polar surface area (TPSA) is 78.6 Å². The molecule has 3 aromatic rings. The average Bonchev–Trinajstić information content (AvgIpc) is 3.04. The molecule has 0 bridgehead atoms. The molecule has 0 N–H and O–H groups in total. The summed E-state index contributed by atoms with van der Waals surface area (Å²) in [5, 5.41) is 4.09. The number of ether oxygens (including phenoxy) is 2. The van der Waals surface area contributed by atoms with Crippen LogP contribution in [0.4, 0.5) is 0 Å². The lowest BCUT2D eigenvalue weighted by molar-refractivity contribution is 0.0499. The van der Waals surface area contributed by atoms with E-state index in [2.05, 4.69) is 15.1 Å². The Bertz CT molecular complexity index is 843. The van der Waals surface area contributed by atoms with Crippen LogP contribution in [0.25, 0.3) is 5.78 Å². The Labute approximate surface area is 139 Å². The lowest BCUT2D eigenvalue weighted by atomic mass is 10.2. The van der Waals surface area contributed by atoms with Gasteiger partial charge in [0.2, 0.25) is 5.88 Å². The molecule has 0 spiro atoms. The molecule has 24 heavy (non-hydrogen) atoms. The third-order valence-corrected chi connectivity index (χ3v) is 3.39. The molecule has 0 amide bonds. The predicted octanol–water partition coefficient (Wildman–Crippen LogP) is 3.18. The second-order valence-electron chi connectivity index (χ2n) is 5.32. The lowest BCUT2D eigenvalue weighted by Crippen LogP contribution is -2.06. The number of aromatic nitrogens is 4. The first-order chi connectivity index (χ1) is 11.7. The van der Waals surface area contributed by atoms with Crippen molar-refractivity contribution in [2.24, 2.45) is 0 Å². The van der Waals surface area contributed by atoms with Crippen molar-refractivity contribution in [2.45, 2.75) is 26.7 Å². The fourth-order valence-electron chi connectivity index (χ4n) is 2.14. The fraction of sp³-hybridized carbons (Fsp3) is 0.294. The van der Waals surface area contributed by atoms with Gasteiger partial charge in [0.1, 0.15) is 12.1 Å². The molecule has 0 unspecified atom stereocenters. The number of rotatable bonds is 6. The van der Waals surface area contributed by atoms with Crippen molar-refractivity contribution in [3.63, 3.8) is 0 Å². The van der Waals surface area contributed by atoms with Crippen molar-refractivity contribution < 1.29 is 14.3 Å². The summed E-state index contributed by atoms with van der Waals surface area (Å²) in [6.45, 7) is 4.35. The maximum atomic E-state index is 11.9. The molecule has 2 heterocycles.